The number of thioether (sulfide) groups is 1. The number of carbonyl (C=O) groups is 1. The largest absolute Gasteiger partial charge is 0.497 e. The molecule has 1 N–H and O–H groups in total. The van der Waals surface area contributed by atoms with E-state index >= 15 is 0 Å². The number of methoxy groups -OCH3 is 1. The molecule has 0 radical (unpaired) electrons. The van der Waals surface area contributed by atoms with Crippen molar-refractivity contribution < 1.29 is 9.53 Å². The van der Waals surface area contributed by atoms with Crippen molar-refractivity contribution in [2.75, 3.05) is 24.7 Å². The maximum absolute atomic E-state index is 12.4. The van der Waals surface area contributed by atoms with Gasteiger partial charge < -0.3 is 9.64 Å². The lowest BCUT2D eigenvalue weighted by molar-refractivity contribution is 0.214. The van der Waals surface area contributed by atoms with Crippen LogP contribution in [0.2, 0.25) is 0 Å². The van der Waals surface area contributed by atoms with Crippen LogP contribution in [0.25, 0.3) is 0 Å². The summed E-state index contributed by atoms with van der Waals surface area (Å²) in [5, 5.41) is 5.82. The second kappa shape index (κ2) is 6.41. The Morgan fingerprint density at radius 1 is 1.38 bits per heavy atom. The summed E-state index contributed by atoms with van der Waals surface area (Å²) in [5.74, 6) is 1.76. The van der Waals surface area contributed by atoms with Crippen molar-refractivity contribution in [2.45, 2.75) is 5.37 Å². The van der Waals surface area contributed by atoms with Gasteiger partial charge in [-0.05, 0) is 35.2 Å². The molecule has 0 bridgehead atoms. The van der Waals surface area contributed by atoms with E-state index in [1.165, 1.54) is 11.3 Å². The highest BCUT2D eigenvalue weighted by Crippen LogP contribution is 2.39. The Balaban J connectivity index is 1.76. The van der Waals surface area contributed by atoms with Gasteiger partial charge in [0.1, 0.15) is 11.1 Å². The number of rotatable bonds is 3. The van der Waals surface area contributed by atoms with Crippen LogP contribution in [-0.2, 0) is 0 Å². The maximum atomic E-state index is 12.4. The summed E-state index contributed by atoms with van der Waals surface area (Å²) in [6.07, 6.45) is 0. The van der Waals surface area contributed by atoms with Crippen LogP contribution in [0.4, 0.5) is 9.80 Å². The molecule has 0 saturated carbocycles. The molecule has 21 heavy (non-hydrogen) atoms. The molecule has 1 aromatic carbocycles. The topological polar surface area (TPSA) is 41.6 Å². The number of carbonyl (C=O) groups excluding carboxylic acids is 1. The van der Waals surface area contributed by atoms with E-state index < -0.39 is 0 Å². The monoisotopic (exact) mass is 320 g/mol. The van der Waals surface area contributed by atoms with Gasteiger partial charge in [-0.1, -0.05) is 12.1 Å². The lowest BCUT2D eigenvalue weighted by Gasteiger charge is -2.24. The standard InChI is InChI=1S/C15H16N2O2S2/c1-19-12-5-2-4-11(10-12)14-17(7-9-21-14)15(18)16-13-6-3-8-20-13/h2-6,8,10,14H,7,9H2,1H3,(H,16,18). The molecule has 1 aromatic heterocycles. The number of benzene rings is 1. The third kappa shape index (κ3) is 3.16. The molecule has 2 amide bonds. The fourth-order valence-corrected chi connectivity index (χ4v) is 4.13. The van der Waals surface area contributed by atoms with Crippen molar-refractivity contribution >= 4 is 34.1 Å². The number of hydrogen-bond donors (Lipinski definition) is 1. The van der Waals surface area contributed by atoms with Crippen LogP contribution in [-0.4, -0.2) is 30.3 Å². The van der Waals surface area contributed by atoms with Gasteiger partial charge in [0.05, 0.1) is 12.1 Å². The van der Waals surface area contributed by atoms with Crippen LogP contribution in [0.15, 0.2) is 41.8 Å². The van der Waals surface area contributed by atoms with Crippen molar-refractivity contribution in [2.24, 2.45) is 0 Å². The molecule has 6 heteroatoms. The highest BCUT2D eigenvalue weighted by Gasteiger charge is 2.31. The first kappa shape index (κ1) is 14.3. The van der Waals surface area contributed by atoms with Crippen LogP contribution >= 0.6 is 23.1 Å². The number of amides is 2. The molecule has 0 aliphatic carbocycles. The molecule has 1 aliphatic rings. The Bertz CT molecular complexity index is 616. The van der Waals surface area contributed by atoms with Gasteiger partial charge in [-0.25, -0.2) is 4.79 Å². The van der Waals surface area contributed by atoms with E-state index in [9.17, 15) is 4.79 Å². The first-order chi connectivity index (χ1) is 10.3. The van der Waals surface area contributed by atoms with Crippen molar-refractivity contribution in [3.63, 3.8) is 0 Å². The Morgan fingerprint density at radius 2 is 2.29 bits per heavy atom. The number of anilines is 1. The van der Waals surface area contributed by atoms with Crippen molar-refractivity contribution in [3.8, 4) is 5.75 Å². The zero-order chi connectivity index (χ0) is 14.7. The summed E-state index contributed by atoms with van der Waals surface area (Å²) in [6.45, 7) is 0.754. The quantitative estimate of drug-likeness (QED) is 0.928. The van der Waals surface area contributed by atoms with Gasteiger partial charge >= 0.3 is 6.03 Å². The molecule has 110 valence electrons. The number of ether oxygens (including phenoxy) is 1. The zero-order valence-corrected chi connectivity index (χ0v) is 13.2. The minimum absolute atomic E-state index is 0.0417. The lowest BCUT2D eigenvalue weighted by atomic mass is 10.2. The summed E-state index contributed by atoms with van der Waals surface area (Å²) < 4.78 is 5.27. The molecular weight excluding hydrogens is 304 g/mol. The highest BCUT2D eigenvalue weighted by molar-refractivity contribution is 7.99. The lowest BCUT2D eigenvalue weighted by Crippen LogP contribution is -2.34. The third-order valence-corrected chi connectivity index (χ3v) is 5.33. The average molecular weight is 320 g/mol. The van der Waals surface area contributed by atoms with Crippen molar-refractivity contribution in [1.29, 1.82) is 0 Å². The van der Waals surface area contributed by atoms with Crippen molar-refractivity contribution in [3.05, 3.63) is 47.3 Å². The average Bonchev–Trinajstić information content (AvgIpc) is 3.18. The zero-order valence-electron chi connectivity index (χ0n) is 11.6. The van der Waals surface area contributed by atoms with Crippen LogP contribution in [0.1, 0.15) is 10.9 Å². The molecule has 2 heterocycles. The van der Waals surface area contributed by atoms with Gasteiger partial charge in [-0.2, -0.15) is 0 Å². The third-order valence-electron chi connectivity index (χ3n) is 3.28. The first-order valence-electron chi connectivity index (χ1n) is 6.64. The number of nitrogens with one attached hydrogen (secondary N) is 1. The number of nitrogens with zero attached hydrogens (tertiary/aromatic N) is 1. The minimum atomic E-state index is -0.0460. The number of urea groups is 1. The summed E-state index contributed by atoms with van der Waals surface area (Å²) in [4.78, 5) is 14.3. The molecule has 0 spiro atoms. The van der Waals surface area contributed by atoms with E-state index in [1.54, 1.807) is 18.9 Å². The normalized spacial score (nSPS) is 17.8. The van der Waals surface area contributed by atoms with Gasteiger partial charge in [-0.3, -0.25) is 5.32 Å². The molecule has 1 unspecified atom stereocenters. The predicted molar refractivity (Wildman–Crippen MR) is 88.2 cm³/mol. The minimum Gasteiger partial charge on any atom is -0.497 e. The predicted octanol–water partition coefficient (Wildman–Crippen LogP) is 4.04. The Hall–Kier alpha value is -1.66. The second-order valence-corrected chi connectivity index (χ2v) is 6.74. The Morgan fingerprint density at radius 3 is 3.05 bits per heavy atom. The van der Waals surface area contributed by atoms with E-state index in [-0.39, 0.29) is 11.4 Å². The molecule has 1 aliphatic heterocycles. The van der Waals surface area contributed by atoms with Gasteiger partial charge in [0, 0.05) is 12.3 Å². The SMILES string of the molecule is COc1cccc(C2SCCN2C(=O)Nc2cccs2)c1. The summed E-state index contributed by atoms with van der Waals surface area (Å²) in [7, 11) is 1.65. The Kier molecular flexibility index (Phi) is 4.36. The van der Waals surface area contributed by atoms with E-state index in [4.69, 9.17) is 4.74 Å². The van der Waals surface area contributed by atoms with E-state index in [0.717, 1.165) is 28.6 Å². The maximum Gasteiger partial charge on any atom is 0.323 e. The van der Waals surface area contributed by atoms with Crippen LogP contribution in [0, 0.1) is 0 Å². The van der Waals surface area contributed by atoms with Gasteiger partial charge in [0.2, 0.25) is 0 Å². The number of thiophene rings is 1. The molecule has 3 rings (SSSR count). The van der Waals surface area contributed by atoms with Crippen LogP contribution < -0.4 is 10.1 Å². The molecular formula is C15H16N2O2S2. The molecule has 1 atom stereocenters. The molecule has 2 aromatic rings. The van der Waals surface area contributed by atoms with Crippen LogP contribution in [0.3, 0.4) is 0 Å². The fourth-order valence-electron chi connectivity index (χ4n) is 2.28. The smallest absolute Gasteiger partial charge is 0.323 e. The van der Waals surface area contributed by atoms with E-state index in [0.29, 0.717) is 0 Å². The van der Waals surface area contributed by atoms with E-state index in [2.05, 4.69) is 5.32 Å². The van der Waals surface area contributed by atoms with Gasteiger partial charge in [0.25, 0.3) is 0 Å². The number of hydrogen-bond acceptors (Lipinski definition) is 4. The summed E-state index contributed by atoms with van der Waals surface area (Å²) in [6, 6.07) is 11.7. The van der Waals surface area contributed by atoms with Crippen molar-refractivity contribution in [1.82, 2.24) is 4.90 Å². The fraction of sp³-hybridized carbons (Fsp3) is 0.267. The first-order valence-corrected chi connectivity index (χ1v) is 8.57. The highest BCUT2D eigenvalue weighted by atomic mass is 32.2. The van der Waals surface area contributed by atoms with Gasteiger partial charge in [-0.15, -0.1) is 23.1 Å². The molecule has 4 nitrogen and oxygen atoms in total. The van der Waals surface area contributed by atoms with Gasteiger partial charge in [0.15, 0.2) is 0 Å². The Labute approximate surface area is 132 Å². The molecule has 1 fully saturated rings. The summed E-state index contributed by atoms with van der Waals surface area (Å²) in [5.41, 5.74) is 1.10. The molecule has 1 saturated heterocycles. The summed E-state index contributed by atoms with van der Waals surface area (Å²) >= 11 is 3.30. The van der Waals surface area contributed by atoms with E-state index in [1.807, 2.05) is 46.7 Å². The van der Waals surface area contributed by atoms with Crippen LogP contribution in [0.5, 0.6) is 5.75 Å². The second-order valence-electron chi connectivity index (χ2n) is 4.60.